The second kappa shape index (κ2) is 3.79. The van der Waals surface area contributed by atoms with Crippen LogP contribution >= 0.6 is 0 Å². The summed E-state index contributed by atoms with van der Waals surface area (Å²) in [6.07, 6.45) is 8.12. The fourth-order valence-electron chi connectivity index (χ4n) is 1.66. The van der Waals surface area contributed by atoms with Crippen LogP contribution in [0.1, 0.15) is 0 Å². The first-order valence-electron chi connectivity index (χ1n) is 5.07. The quantitative estimate of drug-likeness (QED) is 0.622. The van der Waals surface area contributed by atoms with Crippen LogP contribution in [0.25, 0.3) is 16.6 Å². The summed E-state index contributed by atoms with van der Waals surface area (Å²) in [6, 6.07) is 5.10. The van der Waals surface area contributed by atoms with E-state index in [9.17, 15) is 4.79 Å². The third-order valence-corrected chi connectivity index (χ3v) is 2.46. The minimum Gasteiger partial charge on any atom is -0.282 e. The molecule has 17 heavy (non-hydrogen) atoms. The molecule has 5 heteroatoms. The van der Waals surface area contributed by atoms with E-state index in [1.807, 2.05) is 6.07 Å². The van der Waals surface area contributed by atoms with E-state index in [2.05, 4.69) is 15.0 Å². The summed E-state index contributed by atoms with van der Waals surface area (Å²) in [5, 5.41) is 0.816. The molecule has 82 valence electrons. The number of fused-ring (bicyclic) bond motifs is 1. The third kappa shape index (κ3) is 1.67. The summed E-state index contributed by atoms with van der Waals surface area (Å²) in [4.78, 5) is 23.9. The molecule has 3 aromatic rings. The number of hydrogen-bond acceptors (Lipinski definition) is 4. The van der Waals surface area contributed by atoms with Crippen LogP contribution in [0, 0.1) is 0 Å². The Balaban J connectivity index is 2.31. The molecule has 0 bridgehead atoms. The average molecular weight is 224 g/mol. The Bertz CT molecular complexity index is 721. The van der Waals surface area contributed by atoms with Crippen molar-refractivity contribution in [1.29, 1.82) is 0 Å². The molecule has 0 atom stereocenters. The molecule has 0 spiro atoms. The summed E-state index contributed by atoms with van der Waals surface area (Å²) in [6.45, 7) is 0. The van der Waals surface area contributed by atoms with E-state index in [1.165, 1.54) is 17.0 Å². The molecule has 0 saturated carbocycles. The van der Waals surface area contributed by atoms with Crippen molar-refractivity contribution >= 4 is 10.9 Å². The van der Waals surface area contributed by atoms with Gasteiger partial charge < -0.3 is 0 Å². The number of aromatic nitrogens is 4. The van der Waals surface area contributed by atoms with Crippen LogP contribution in [-0.4, -0.2) is 19.5 Å². The highest BCUT2D eigenvalue weighted by Gasteiger charge is 2.02. The lowest BCUT2D eigenvalue weighted by atomic mass is 10.3. The maximum Gasteiger partial charge on any atom is 0.257 e. The molecule has 0 N–H and O–H groups in total. The highest BCUT2D eigenvalue weighted by atomic mass is 16.1. The molecule has 5 nitrogen and oxygen atoms in total. The Labute approximate surface area is 96.4 Å². The standard InChI is InChI=1S/C12H8N4O/c17-12-4-11-9(5-14-8-15-11)7-16(12)10-2-1-3-13-6-10/h1-8H. The largest absolute Gasteiger partial charge is 0.282 e. The zero-order chi connectivity index (χ0) is 11.7. The molecule has 0 aliphatic rings. The Kier molecular flexibility index (Phi) is 2.15. The van der Waals surface area contributed by atoms with Gasteiger partial charge in [0.2, 0.25) is 0 Å². The van der Waals surface area contributed by atoms with Crippen molar-refractivity contribution in [3.63, 3.8) is 0 Å². The highest BCUT2D eigenvalue weighted by Crippen LogP contribution is 2.09. The molecule has 0 aliphatic carbocycles. The topological polar surface area (TPSA) is 60.7 Å². The Morgan fingerprint density at radius 1 is 1.18 bits per heavy atom. The lowest BCUT2D eigenvalue weighted by Gasteiger charge is -2.05. The van der Waals surface area contributed by atoms with Gasteiger partial charge in [-0.3, -0.25) is 14.3 Å². The number of nitrogens with zero attached hydrogens (tertiary/aromatic N) is 4. The van der Waals surface area contributed by atoms with Crippen molar-refractivity contribution in [3.05, 3.63) is 59.7 Å². The average Bonchev–Trinajstić information content (AvgIpc) is 2.39. The summed E-state index contributed by atoms with van der Waals surface area (Å²) in [5.41, 5.74) is 1.23. The molecule has 0 fully saturated rings. The van der Waals surface area contributed by atoms with Crippen LogP contribution in [0.4, 0.5) is 0 Å². The number of hydrogen-bond donors (Lipinski definition) is 0. The summed E-state index contributed by atoms with van der Waals surface area (Å²) < 4.78 is 1.53. The summed E-state index contributed by atoms with van der Waals surface area (Å²) in [7, 11) is 0. The van der Waals surface area contributed by atoms with Crippen LogP contribution in [0.2, 0.25) is 0 Å². The zero-order valence-electron chi connectivity index (χ0n) is 8.82. The molecule has 3 heterocycles. The monoisotopic (exact) mass is 224 g/mol. The van der Waals surface area contributed by atoms with Crippen molar-refractivity contribution < 1.29 is 0 Å². The van der Waals surface area contributed by atoms with Gasteiger partial charge in [-0.2, -0.15) is 0 Å². The smallest absolute Gasteiger partial charge is 0.257 e. The molecule has 0 saturated heterocycles. The van der Waals surface area contributed by atoms with Gasteiger partial charge in [0.1, 0.15) is 6.33 Å². The maximum absolute atomic E-state index is 11.9. The first-order valence-corrected chi connectivity index (χ1v) is 5.07. The summed E-state index contributed by atoms with van der Waals surface area (Å²) >= 11 is 0. The third-order valence-electron chi connectivity index (χ3n) is 2.46. The predicted octanol–water partition coefficient (Wildman–Crippen LogP) is 1.18. The van der Waals surface area contributed by atoms with Crippen molar-refractivity contribution in [1.82, 2.24) is 19.5 Å². The second-order valence-corrected chi connectivity index (χ2v) is 3.56. The van der Waals surface area contributed by atoms with Crippen LogP contribution in [0.3, 0.4) is 0 Å². The lowest BCUT2D eigenvalue weighted by Crippen LogP contribution is -2.16. The van der Waals surface area contributed by atoms with Crippen molar-refractivity contribution in [2.45, 2.75) is 0 Å². The van der Waals surface area contributed by atoms with Crippen LogP contribution in [0.5, 0.6) is 0 Å². The predicted molar refractivity (Wildman–Crippen MR) is 62.9 cm³/mol. The summed E-state index contributed by atoms with van der Waals surface area (Å²) in [5.74, 6) is 0. The Morgan fingerprint density at radius 2 is 2.12 bits per heavy atom. The number of rotatable bonds is 1. The van der Waals surface area contributed by atoms with Gasteiger partial charge in [0.05, 0.1) is 17.4 Å². The van der Waals surface area contributed by atoms with Crippen LogP contribution < -0.4 is 5.56 Å². The van der Waals surface area contributed by atoms with E-state index in [4.69, 9.17) is 0 Å². The van der Waals surface area contributed by atoms with Crippen molar-refractivity contribution in [3.8, 4) is 5.69 Å². The van der Waals surface area contributed by atoms with Crippen LogP contribution in [0.15, 0.2) is 54.1 Å². The van der Waals surface area contributed by atoms with Gasteiger partial charge in [0.15, 0.2) is 0 Å². The van der Waals surface area contributed by atoms with Gasteiger partial charge in [-0.1, -0.05) is 0 Å². The van der Waals surface area contributed by atoms with Gasteiger partial charge in [-0.05, 0) is 12.1 Å². The fourth-order valence-corrected chi connectivity index (χ4v) is 1.66. The van der Waals surface area contributed by atoms with E-state index in [0.717, 1.165) is 11.1 Å². The first kappa shape index (κ1) is 9.65. The van der Waals surface area contributed by atoms with E-state index >= 15 is 0 Å². The lowest BCUT2D eigenvalue weighted by molar-refractivity contribution is 0.986. The van der Waals surface area contributed by atoms with E-state index in [0.29, 0.717) is 5.52 Å². The molecule has 0 amide bonds. The van der Waals surface area contributed by atoms with Gasteiger partial charge >= 0.3 is 0 Å². The number of pyridine rings is 2. The minimum atomic E-state index is -0.135. The SMILES string of the molecule is O=c1cc2ncncc2cn1-c1cccnc1. The normalized spacial score (nSPS) is 10.6. The second-order valence-electron chi connectivity index (χ2n) is 3.56. The molecule has 0 unspecified atom stereocenters. The molecule has 0 radical (unpaired) electrons. The molecular weight excluding hydrogens is 216 g/mol. The van der Waals surface area contributed by atoms with Gasteiger partial charge in [0, 0.05) is 30.0 Å². The van der Waals surface area contributed by atoms with Gasteiger partial charge in [-0.15, -0.1) is 0 Å². The van der Waals surface area contributed by atoms with E-state index < -0.39 is 0 Å². The Morgan fingerprint density at radius 3 is 2.94 bits per heavy atom. The van der Waals surface area contributed by atoms with E-state index in [-0.39, 0.29) is 5.56 Å². The van der Waals surface area contributed by atoms with E-state index in [1.54, 1.807) is 30.9 Å². The minimum absolute atomic E-state index is 0.135. The molecule has 3 aromatic heterocycles. The van der Waals surface area contributed by atoms with Gasteiger partial charge in [0.25, 0.3) is 5.56 Å². The van der Waals surface area contributed by atoms with Gasteiger partial charge in [-0.25, -0.2) is 9.97 Å². The zero-order valence-corrected chi connectivity index (χ0v) is 8.82. The fraction of sp³-hybridized carbons (Fsp3) is 0. The van der Waals surface area contributed by atoms with Crippen molar-refractivity contribution in [2.24, 2.45) is 0 Å². The highest BCUT2D eigenvalue weighted by molar-refractivity contribution is 5.76. The Hall–Kier alpha value is -2.56. The van der Waals surface area contributed by atoms with Crippen LogP contribution in [-0.2, 0) is 0 Å². The molecule has 0 aliphatic heterocycles. The molecule has 0 aromatic carbocycles. The molecular formula is C12H8N4O. The van der Waals surface area contributed by atoms with Crippen molar-refractivity contribution in [2.75, 3.05) is 0 Å². The maximum atomic E-state index is 11.9. The first-order chi connectivity index (χ1) is 8.34. The molecule has 3 rings (SSSR count).